The molecule has 0 aliphatic carbocycles. The van der Waals surface area contributed by atoms with Gasteiger partial charge in [-0.3, -0.25) is 9.48 Å². The van der Waals surface area contributed by atoms with Crippen molar-refractivity contribution >= 4 is 35.6 Å². The number of rotatable bonds is 2. The fourth-order valence-electron chi connectivity index (χ4n) is 1.35. The van der Waals surface area contributed by atoms with Crippen LogP contribution in [0.15, 0.2) is 22.5 Å². The number of carbonyl (C=O) groups excluding carboxylic acids is 1. The predicted molar refractivity (Wildman–Crippen MR) is 67.5 cm³/mol. The topological polar surface area (TPSA) is 46.9 Å². The summed E-state index contributed by atoms with van der Waals surface area (Å²) in [5, 5.41) is 8.80. The average Bonchev–Trinajstić information content (AvgIpc) is 2.74. The molecule has 0 radical (unpaired) electrons. The SMILES string of the molecule is Cc1nn(C)cc1NC(=O)c1cc(S)cs1. The summed E-state index contributed by atoms with van der Waals surface area (Å²) in [5.74, 6) is -0.124. The number of thiol groups is 1. The summed E-state index contributed by atoms with van der Waals surface area (Å²) in [7, 11) is 1.82. The number of carbonyl (C=O) groups is 1. The van der Waals surface area contributed by atoms with Crippen LogP contribution in [0.25, 0.3) is 0 Å². The minimum absolute atomic E-state index is 0.124. The van der Waals surface area contributed by atoms with Gasteiger partial charge in [-0.25, -0.2) is 0 Å². The lowest BCUT2D eigenvalue weighted by Crippen LogP contribution is -2.10. The van der Waals surface area contributed by atoms with Crippen LogP contribution in [0, 0.1) is 6.92 Å². The predicted octanol–water partition coefficient (Wildman–Crippen LogP) is 2.33. The van der Waals surface area contributed by atoms with Gasteiger partial charge in [-0.1, -0.05) is 0 Å². The van der Waals surface area contributed by atoms with Gasteiger partial charge in [0.2, 0.25) is 0 Å². The standard InChI is InChI=1S/C10H11N3OS2/c1-6-8(4-13(2)12-6)11-10(14)9-3-7(15)5-16-9/h3-5,15H,1-2H3,(H,11,14). The first-order valence-electron chi connectivity index (χ1n) is 4.65. The van der Waals surface area contributed by atoms with Crippen LogP contribution in [0.2, 0.25) is 0 Å². The number of anilines is 1. The maximum absolute atomic E-state index is 11.8. The molecule has 0 aliphatic heterocycles. The van der Waals surface area contributed by atoms with E-state index in [1.807, 2.05) is 19.4 Å². The van der Waals surface area contributed by atoms with Crippen molar-refractivity contribution in [2.75, 3.05) is 5.32 Å². The lowest BCUT2D eigenvalue weighted by atomic mass is 10.3. The van der Waals surface area contributed by atoms with E-state index in [9.17, 15) is 4.79 Å². The second kappa shape index (κ2) is 4.31. The fraction of sp³-hybridized carbons (Fsp3) is 0.200. The summed E-state index contributed by atoms with van der Waals surface area (Å²) in [6, 6.07) is 1.74. The van der Waals surface area contributed by atoms with Crippen LogP contribution in [0.4, 0.5) is 5.69 Å². The third kappa shape index (κ3) is 2.28. The monoisotopic (exact) mass is 253 g/mol. The van der Waals surface area contributed by atoms with Gasteiger partial charge in [0.1, 0.15) is 0 Å². The quantitative estimate of drug-likeness (QED) is 0.807. The summed E-state index contributed by atoms with van der Waals surface area (Å²) in [4.78, 5) is 13.3. The van der Waals surface area contributed by atoms with E-state index in [-0.39, 0.29) is 5.91 Å². The Balaban J connectivity index is 2.16. The first kappa shape index (κ1) is 11.2. The Morgan fingerprint density at radius 3 is 2.88 bits per heavy atom. The second-order valence-corrected chi connectivity index (χ2v) is 4.85. The molecule has 84 valence electrons. The molecule has 1 N–H and O–H groups in total. The molecule has 4 nitrogen and oxygen atoms in total. The molecule has 0 saturated heterocycles. The van der Waals surface area contributed by atoms with Gasteiger partial charge < -0.3 is 5.32 Å². The van der Waals surface area contributed by atoms with Crippen LogP contribution in [-0.2, 0) is 7.05 Å². The summed E-state index contributed by atoms with van der Waals surface area (Å²) in [6.45, 7) is 1.86. The molecule has 0 unspecified atom stereocenters. The second-order valence-electron chi connectivity index (χ2n) is 3.43. The van der Waals surface area contributed by atoms with Crippen molar-refractivity contribution in [3.8, 4) is 0 Å². The Kier molecular flexibility index (Phi) is 3.02. The van der Waals surface area contributed by atoms with Crippen molar-refractivity contribution in [3.63, 3.8) is 0 Å². The van der Waals surface area contributed by atoms with Gasteiger partial charge in [-0.15, -0.1) is 24.0 Å². The smallest absolute Gasteiger partial charge is 0.265 e. The number of nitrogens with one attached hydrogen (secondary N) is 1. The van der Waals surface area contributed by atoms with Crippen molar-refractivity contribution in [1.29, 1.82) is 0 Å². The molecular formula is C10H11N3OS2. The molecule has 0 bridgehead atoms. The van der Waals surface area contributed by atoms with Gasteiger partial charge >= 0.3 is 0 Å². The number of aromatic nitrogens is 2. The first-order chi connectivity index (χ1) is 7.56. The molecule has 0 atom stereocenters. The number of amides is 1. The minimum atomic E-state index is -0.124. The van der Waals surface area contributed by atoms with Crippen LogP contribution >= 0.6 is 24.0 Å². The maximum Gasteiger partial charge on any atom is 0.265 e. The molecule has 2 rings (SSSR count). The van der Waals surface area contributed by atoms with Crippen LogP contribution < -0.4 is 5.32 Å². The number of hydrogen-bond donors (Lipinski definition) is 2. The summed E-state index contributed by atoms with van der Waals surface area (Å²) in [6.07, 6.45) is 1.78. The van der Waals surface area contributed by atoms with Gasteiger partial charge in [0.15, 0.2) is 0 Å². The summed E-state index contributed by atoms with van der Waals surface area (Å²) >= 11 is 5.54. The maximum atomic E-state index is 11.8. The molecule has 1 amide bonds. The van der Waals surface area contributed by atoms with Gasteiger partial charge in [0.25, 0.3) is 5.91 Å². The highest BCUT2D eigenvalue weighted by Gasteiger charge is 2.11. The van der Waals surface area contributed by atoms with E-state index in [0.717, 1.165) is 16.3 Å². The molecule has 0 aliphatic rings. The Hall–Kier alpha value is -1.27. The van der Waals surface area contributed by atoms with E-state index in [2.05, 4.69) is 23.0 Å². The lowest BCUT2D eigenvalue weighted by molar-refractivity contribution is 0.103. The largest absolute Gasteiger partial charge is 0.318 e. The zero-order chi connectivity index (χ0) is 11.7. The fourth-order valence-corrected chi connectivity index (χ4v) is 2.39. The number of thiophene rings is 1. The van der Waals surface area contributed by atoms with Crippen LogP contribution in [-0.4, -0.2) is 15.7 Å². The lowest BCUT2D eigenvalue weighted by Gasteiger charge is -2.00. The number of aryl methyl sites for hydroxylation is 2. The zero-order valence-corrected chi connectivity index (χ0v) is 10.6. The number of nitrogens with zero attached hydrogens (tertiary/aromatic N) is 2. The van der Waals surface area contributed by atoms with Crippen molar-refractivity contribution in [2.45, 2.75) is 11.8 Å². The molecule has 0 aromatic carbocycles. The van der Waals surface area contributed by atoms with E-state index in [1.54, 1.807) is 16.9 Å². The first-order valence-corrected chi connectivity index (χ1v) is 5.98. The molecule has 0 spiro atoms. The Morgan fingerprint density at radius 2 is 2.38 bits per heavy atom. The van der Waals surface area contributed by atoms with E-state index in [0.29, 0.717) is 4.88 Å². The third-order valence-electron chi connectivity index (χ3n) is 2.07. The highest BCUT2D eigenvalue weighted by molar-refractivity contribution is 7.80. The van der Waals surface area contributed by atoms with E-state index < -0.39 is 0 Å². The third-order valence-corrected chi connectivity index (χ3v) is 3.43. The van der Waals surface area contributed by atoms with Crippen molar-refractivity contribution < 1.29 is 4.79 Å². The van der Waals surface area contributed by atoms with E-state index in [1.165, 1.54) is 11.3 Å². The van der Waals surface area contributed by atoms with Crippen molar-refractivity contribution in [2.24, 2.45) is 7.05 Å². The van der Waals surface area contributed by atoms with Crippen LogP contribution in [0.5, 0.6) is 0 Å². The highest BCUT2D eigenvalue weighted by atomic mass is 32.1. The number of hydrogen-bond acceptors (Lipinski definition) is 4. The van der Waals surface area contributed by atoms with E-state index >= 15 is 0 Å². The normalized spacial score (nSPS) is 10.4. The molecule has 6 heteroatoms. The molecular weight excluding hydrogens is 242 g/mol. The summed E-state index contributed by atoms with van der Waals surface area (Å²) < 4.78 is 1.67. The van der Waals surface area contributed by atoms with Gasteiger partial charge in [0, 0.05) is 23.5 Å². The summed E-state index contributed by atoms with van der Waals surface area (Å²) in [5.41, 5.74) is 1.54. The van der Waals surface area contributed by atoms with Gasteiger partial charge in [0.05, 0.1) is 16.3 Å². The highest BCUT2D eigenvalue weighted by Crippen LogP contribution is 2.20. The van der Waals surface area contributed by atoms with Gasteiger partial charge in [-0.05, 0) is 13.0 Å². The molecule has 0 fully saturated rings. The van der Waals surface area contributed by atoms with E-state index in [4.69, 9.17) is 0 Å². The van der Waals surface area contributed by atoms with Gasteiger partial charge in [-0.2, -0.15) is 5.10 Å². The Labute approximate surface area is 103 Å². The molecule has 2 aromatic heterocycles. The molecule has 2 heterocycles. The average molecular weight is 253 g/mol. The van der Waals surface area contributed by atoms with Crippen LogP contribution in [0.3, 0.4) is 0 Å². The zero-order valence-electron chi connectivity index (χ0n) is 8.89. The Morgan fingerprint density at radius 1 is 1.62 bits per heavy atom. The van der Waals surface area contributed by atoms with Crippen LogP contribution in [0.1, 0.15) is 15.4 Å². The molecule has 0 saturated carbocycles. The molecule has 16 heavy (non-hydrogen) atoms. The molecule has 2 aromatic rings. The minimum Gasteiger partial charge on any atom is -0.318 e. The van der Waals surface area contributed by atoms with Crippen molar-refractivity contribution in [1.82, 2.24) is 9.78 Å². The van der Waals surface area contributed by atoms with Crippen molar-refractivity contribution in [3.05, 3.63) is 28.2 Å². The Bertz CT molecular complexity index is 530.